The van der Waals surface area contributed by atoms with Gasteiger partial charge < -0.3 is 0 Å². The van der Waals surface area contributed by atoms with Crippen molar-refractivity contribution in [2.45, 2.75) is 82.2 Å². The second-order valence-electron chi connectivity index (χ2n) is 19.7. The first-order chi connectivity index (χ1) is 29.5. The molecule has 0 heterocycles. The van der Waals surface area contributed by atoms with Crippen LogP contribution < -0.4 is 13.6 Å². The van der Waals surface area contributed by atoms with E-state index < -0.39 is 26.8 Å². The summed E-state index contributed by atoms with van der Waals surface area (Å²) in [7, 11) is 0. The first-order valence-corrected chi connectivity index (χ1v) is 31.2. The van der Waals surface area contributed by atoms with E-state index in [2.05, 4.69) is 218 Å². The van der Waals surface area contributed by atoms with Crippen LogP contribution in [0.15, 0.2) is 169 Å². The summed E-state index contributed by atoms with van der Waals surface area (Å²) in [4.78, 5) is 0. The summed E-state index contributed by atoms with van der Waals surface area (Å²) in [5.41, 5.74) is 16.6. The molecule has 2 heteroatoms. The Bertz CT molecular complexity index is 2890. The van der Waals surface area contributed by atoms with Gasteiger partial charge in [-0.3, -0.25) is 0 Å². The molecule has 0 saturated carbocycles. The third-order valence-electron chi connectivity index (χ3n) is 13.7. The van der Waals surface area contributed by atoms with Gasteiger partial charge in [0, 0.05) is 0 Å². The quantitative estimate of drug-likeness (QED) is 0.105. The van der Waals surface area contributed by atoms with Crippen LogP contribution in [0.5, 0.6) is 0 Å². The Hall–Kier alpha value is -4.88. The van der Waals surface area contributed by atoms with Crippen LogP contribution in [0.25, 0.3) is 49.9 Å². The van der Waals surface area contributed by atoms with Crippen molar-refractivity contribution in [1.29, 1.82) is 0 Å². The van der Waals surface area contributed by atoms with Crippen LogP contribution >= 0.6 is 0 Å². The third-order valence-corrected chi connectivity index (χ3v) is 35.5. The molecule has 0 amide bonds. The molecule has 8 aromatic rings. The fraction of sp³-hybridized carbons (Fsp3) is 0.220. The van der Waals surface area contributed by atoms with Gasteiger partial charge in [0.1, 0.15) is 0 Å². The molecule has 1 atom stereocenters. The zero-order valence-corrected chi connectivity index (χ0v) is 40.6. The minimum absolute atomic E-state index is 0.0112. The van der Waals surface area contributed by atoms with E-state index in [0.717, 1.165) is 19.3 Å². The Kier molecular flexibility index (Phi) is 10.4. The Balaban J connectivity index is 1.29. The number of fused-ring (bicyclic) bond motifs is 6. The van der Waals surface area contributed by atoms with Crippen molar-refractivity contribution in [2.24, 2.45) is 0 Å². The molecule has 10 rings (SSSR count). The van der Waals surface area contributed by atoms with Crippen molar-refractivity contribution in [3.05, 3.63) is 203 Å². The van der Waals surface area contributed by atoms with Crippen LogP contribution in [0, 0.1) is 0 Å². The molecule has 0 saturated heterocycles. The molecule has 2 aliphatic rings. The van der Waals surface area contributed by atoms with E-state index in [9.17, 15) is 0 Å². The van der Waals surface area contributed by atoms with E-state index in [4.69, 9.17) is 0 Å². The van der Waals surface area contributed by atoms with Gasteiger partial charge >= 0.3 is 375 Å². The summed E-state index contributed by atoms with van der Waals surface area (Å²) >= 11 is -2.95. The average molecular weight is 885 g/mol. The number of allylic oxidation sites excluding steroid dienone is 1. The van der Waals surface area contributed by atoms with Gasteiger partial charge in [-0.1, -0.05) is 0 Å². The molecule has 0 fully saturated rings. The van der Waals surface area contributed by atoms with Crippen LogP contribution in [0.2, 0.25) is 0 Å². The zero-order chi connectivity index (χ0) is 42.0. The molecule has 0 bridgehead atoms. The first-order valence-electron chi connectivity index (χ1n) is 22.5. The van der Waals surface area contributed by atoms with Crippen molar-refractivity contribution < 1.29 is 20.9 Å². The third kappa shape index (κ3) is 7.19. The number of hydrogen-bond donors (Lipinski definition) is 0. The van der Waals surface area contributed by atoms with E-state index in [1.165, 1.54) is 66.1 Å². The fourth-order valence-electron chi connectivity index (χ4n) is 10.6. The Labute approximate surface area is 372 Å². The molecular weight excluding hydrogens is 828 g/mol. The second kappa shape index (κ2) is 15.8. The van der Waals surface area contributed by atoms with Gasteiger partial charge in [0.25, 0.3) is 0 Å². The van der Waals surface area contributed by atoms with Gasteiger partial charge in [-0.25, -0.2) is 0 Å². The van der Waals surface area contributed by atoms with Crippen LogP contribution in [-0.4, -0.2) is 5.92 Å². The summed E-state index contributed by atoms with van der Waals surface area (Å²) in [5.74, 6) is -1.83. The molecule has 0 radical (unpaired) electrons. The Morgan fingerprint density at radius 2 is 1.15 bits per heavy atom. The summed E-state index contributed by atoms with van der Waals surface area (Å²) < 4.78 is 2.20. The number of benzene rings is 8. The predicted octanol–water partition coefficient (Wildman–Crippen LogP) is 13.5. The predicted molar refractivity (Wildman–Crippen MR) is 264 cm³/mol. The van der Waals surface area contributed by atoms with E-state index in [1.807, 2.05) is 0 Å². The molecule has 2 aliphatic carbocycles. The van der Waals surface area contributed by atoms with Crippen molar-refractivity contribution in [3.8, 4) is 22.3 Å². The average Bonchev–Trinajstić information content (AvgIpc) is 3.82. The molecular formula is C59H57SiZr. The van der Waals surface area contributed by atoms with Crippen molar-refractivity contribution in [1.82, 2.24) is 0 Å². The van der Waals surface area contributed by atoms with Crippen LogP contribution in [-0.2, 0) is 38.2 Å². The Morgan fingerprint density at radius 3 is 1.75 bits per heavy atom. The number of hydrogen-bond acceptors (Lipinski definition) is 0. The molecule has 0 aromatic heterocycles. The van der Waals surface area contributed by atoms with Gasteiger partial charge in [0.15, 0.2) is 0 Å². The molecule has 8 aromatic carbocycles. The molecule has 301 valence electrons. The normalized spacial score (nSPS) is 14.6. The maximum atomic E-state index is 2.78. The minimum atomic E-state index is -2.95. The van der Waals surface area contributed by atoms with Crippen LogP contribution in [0.1, 0.15) is 98.3 Å². The van der Waals surface area contributed by atoms with Gasteiger partial charge in [-0.05, 0) is 0 Å². The van der Waals surface area contributed by atoms with Gasteiger partial charge in [0.2, 0.25) is 0 Å². The molecule has 0 aliphatic heterocycles. The zero-order valence-electron chi connectivity index (χ0n) is 36.9. The summed E-state index contributed by atoms with van der Waals surface area (Å²) in [6.45, 7) is 16.8. The topological polar surface area (TPSA) is 0 Å². The van der Waals surface area contributed by atoms with E-state index >= 15 is 0 Å². The van der Waals surface area contributed by atoms with Crippen molar-refractivity contribution in [2.75, 3.05) is 0 Å². The monoisotopic (exact) mass is 883 g/mol. The van der Waals surface area contributed by atoms with Gasteiger partial charge in [0.05, 0.1) is 0 Å². The second-order valence-corrected chi connectivity index (χ2v) is 34.8. The van der Waals surface area contributed by atoms with Gasteiger partial charge in [-0.2, -0.15) is 0 Å². The Morgan fingerprint density at radius 1 is 0.557 bits per heavy atom. The fourth-order valence-corrected chi connectivity index (χ4v) is 36.3. The van der Waals surface area contributed by atoms with E-state index in [1.54, 1.807) is 30.3 Å². The maximum absolute atomic E-state index is 2.95. The summed E-state index contributed by atoms with van der Waals surface area (Å²) in [6.07, 6.45) is 6.00. The van der Waals surface area contributed by atoms with E-state index in [-0.39, 0.29) is 10.8 Å². The summed E-state index contributed by atoms with van der Waals surface area (Å²) in [5, 5.41) is 8.49. The van der Waals surface area contributed by atoms with Crippen LogP contribution in [0.4, 0.5) is 0 Å². The molecule has 61 heavy (non-hydrogen) atoms. The van der Waals surface area contributed by atoms with Crippen LogP contribution in [0.3, 0.4) is 0 Å². The van der Waals surface area contributed by atoms with E-state index in [0.29, 0.717) is 3.63 Å². The molecule has 0 spiro atoms. The summed E-state index contributed by atoms with van der Waals surface area (Å²) in [6, 6.07) is 64.4. The standard InChI is InChI=1S/C26H21.C21H25.C12H11Si.Zr/c1-2-8-18-15-19-11-7-14-24(25(19)16-18)26-22-12-5-3-9-20(22)17-21-10-4-6-13-23(21)26;1-20(2,3)16-9-7-14-11-15-8-10-17(21(4,5)6)13-19(15)18(14)12-16;1-3-7-11(8-4-1)13-12-9-5-2-6-10-12;/h3-7,9-17H,2,8H2,1H3;7,9-10,12-13H,11H2,1-6H3;1-10,13H;. The number of rotatable bonds is 8. The van der Waals surface area contributed by atoms with Crippen molar-refractivity contribution in [3.63, 3.8) is 0 Å². The first kappa shape index (κ1) is 40.2. The molecule has 0 nitrogen and oxygen atoms in total. The van der Waals surface area contributed by atoms with Gasteiger partial charge in [-0.15, -0.1) is 0 Å². The molecule has 1 unspecified atom stereocenters. The molecule has 0 N–H and O–H groups in total. The van der Waals surface area contributed by atoms with Crippen molar-refractivity contribution >= 4 is 47.2 Å². The SMILES string of the molecule is CCCC1=Cc2c(-c3c4ccccc4cc4ccccc34)cccc2[CH]1[Zr]([c]1cc(C(C)(C)C)cc2c1Cc1ccc(C(C)(C)C)cc1-2)[SiH](c1ccccc1)c1ccccc1.